The number of rotatable bonds is 3. The van der Waals surface area contributed by atoms with Gasteiger partial charge < -0.3 is 10.8 Å². The van der Waals surface area contributed by atoms with Gasteiger partial charge in [-0.1, -0.05) is 18.2 Å². The molecule has 2 aliphatic rings. The van der Waals surface area contributed by atoms with Gasteiger partial charge in [-0.05, 0) is 60.7 Å². The Morgan fingerprint density at radius 1 is 1.15 bits per heavy atom. The molecule has 0 unspecified atom stereocenters. The first-order valence-electron chi connectivity index (χ1n) is 8.86. The van der Waals surface area contributed by atoms with E-state index in [0.29, 0.717) is 12.4 Å². The van der Waals surface area contributed by atoms with Crippen molar-refractivity contribution in [1.82, 2.24) is 4.31 Å². The predicted octanol–water partition coefficient (Wildman–Crippen LogP) is 1.94. The van der Waals surface area contributed by atoms with Crippen LogP contribution in [-0.4, -0.2) is 42.4 Å². The SMILES string of the molecule is Cc1cc(S(=O)(=O)N2CC(C)(O)C2)ccc1-c1ccc2c(c1C)C(N)=NC2. The highest BCUT2D eigenvalue weighted by atomic mass is 32.2. The van der Waals surface area contributed by atoms with Crippen LogP contribution in [0.4, 0.5) is 0 Å². The molecule has 2 aromatic rings. The lowest BCUT2D eigenvalue weighted by atomic mass is 9.91. The van der Waals surface area contributed by atoms with Gasteiger partial charge in [-0.3, -0.25) is 4.99 Å². The number of aliphatic imine (C=N–C) groups is 1. The Hall–Kier alpha value is -2.22. The molecule has 7 heteroatoms. The van der Waals surface area contributed by atoms with Crippen LogP contribution in [0.25, 0.3) is 11.1 Å². The van der Waals surface area contributed by atoms with Gasteiger partial charge in [-0.15, -0.1) is 0 Å². The number of hydrogen-bond acceptors (Lipinski definition) is 5. The number of nitrogens with zero attached hydrogens (tertiary/aromatic N) is 2. The number of nitrogens with two attached hydrogens (primary N) is 1. The Morgan fingerprint density at radius 3 is 2.44 bits per heavy atom. The highest BCUT2D eigenvalue weighted by Crippen LogP contribution is 2.34. The van der Waals surface area contributed by atoms with E-state index in [1.54, 1.807) is 19.1 Å². The van der Waals surface area contributed by atoms with Crippen LogP contribution in [-0.2, 0) is 16.6 Å². The van der Waals surface area contributed by atoms with Crippen molar-refractivity contribution in [2.24, 2.45) is 10.7 Å². The highest BCUT2D eigenvalue weighted by molar-refractivity contribution is 7.89. The van der Waals surface area contributed by atoms with Gasteiger partial charge in [0.25, 0.3) is 0 Å². The lowest BCUT2D eigenvalue weighted by molar-refractivity contribution is -0.0426. The van der Waals surface area contributed by atoms with E-state index in [4.69, 9.17) is 5.73 Å². The topological polar surface area (TPSA) is 96.0 Å². The molecule has 27 heavy (non-hydrogen) atoms. The van der Waals surface area contributed by atoms with Gasteiger partial charge in [-0.25, -0.2) is 8.42 Å². The number of amidine groups is 1. The molecular weight excluding hydrogens is 362 g/mol. The van der Waals surface area contributed by atoms with Gasteiger partial charge in [0.05, 0.1) is 17.0 Å². The Morgan fingerprint density at radius 2 is 1.81 bits per heavy atom. The maximum absolute atomic E-state index is 12.7. The molecule has 0 bridgehead atoms. The third kappa shape index (κ3) is 2.86. The van der Waals surface area contributed by atoms with E-state index in [1.165, 1.54) is 4.31 Å². The molecule has 2 heterocycles. The molecule has 1 saturated heterocycles. The van der Waals surface area contributed by atoms with Crippen molar-refractivity contribution in [2.45, 2.75) is 37.8 Å². The largest absolute Gasteiger partial charge is 0.387 e. The van der Waals surface area contributed by atoms with Crippen molar-refractivity contribution >= 4 is 15.9 Å². The highest BCUT2D eigenvalue weighted by Gasteiger charge is 2.43. The summed E-state index contributed by atoms with van der Waals surface area (Å²) in [5.74, 6) is 0.561. The summed E-state index contributed by atoms with van der Waals surface area (Å²) < 4.78 is 26.8. The summed E-state index contributed by atoms with van der Waals surface area (Å²) in [4.78, 5) is 4.55. The lowest BCUT2D eigenvalue weighted by Gasteiger charge is -2.42. The number of aryl methyl sites for hydroxylation is 1. The van der Waals surface area contributed by atoms with Gasteiger partial charge in [0.15, 0.2) is 0 Å². The fourth-order valence-electron chi connectivity index (χ4n) is 3.93. The summed E-state index contributed by atoms with van der Waals surface area (Å²) in [6.07, 6.45) is 0. The Kier molecular flexibility index (Phi) is 3.96. The minimum absolute atomic E-state index is 0.124. The van der Waals surface area contributed by atoms with Crippen LogP contribution in [0.15, 0.2) is 40.2 Å². The van der Waals surface area contributed by atoms with E-state index < -0.39 is 15.6 Å². The minimum Gasteiger partial charge on any atom is -0.387 e. The van der Waals surface area contributed by atoms with E-state index in [-0.39, 0.29) is 18.0 Å². The zero-order valence-corrected chi connectivity index (χ0v) is 16.5. The first kappa shape index (κ1) is 18.2. The molecular formula is C20H23N3O3S. The summed E-state index contributed by atoms with van der Waals surface area (Å²) in [5.41, 5.74) is 11.1. The molecule has 142 valence electrons. The average Bonchev–Trinajstić information content (AvgIpc) is 2.95. The average molecular weight is 385 g/mol. The van der Waals surface area contributed by atoms with Crippen molar-refractivity contribution < 1.29 is 13.5 Å². The Balaban J connectivity index is 1.72. The number of hydrogen-bond donors (Lipinski definition) is 2. The first-order chi connectivity index (χ1) is 12.6. The molecule has 0 amide bonds. The zero-order chi connectivity index (χ0) is 19.6. The summed E-state index contributed by atoms with van der Waals surface area (Å²) in [7, 11) is -3.59. The molecule has 6 nitrogen and oxygen atoms in total. The smallest absolute Gasteiger partial charge is 0.243 e. The number of sulfonamides is 1. The molecule has 2 aromatic carbocycles. The molecule has 4 rings (SSSR count). The number of benzene rings is 2. The third-order valence-corrected chi connectivity index (χ3v) is 7.17. The molecule has 0 atom stereocenters. The molecule has 0 aliphatic carbocycles. The molecule has 1 fully saturated rings. The quantitative estimate of drug-likeness (QED) is 0.844. The van der Waals surface area contributed by atoms with Crippen molar-refractivity contribution in [3.63, 3.8) is 0 Å². The second-order valence-electron chi connectivity index (χ2n) is 7.72. The van der Waals surface area contributed by atoms with Gasteiger partial charge in [0.1, 0.15) is 5.84 Å². The zero-order valence-electron chi connectivity index (χ0n) is 15.7. The lowest BCUT2D eigenvalue weighted by Crippen LogP contribution is -2.61. The van der Waals surface area contributed by atoms with E-state index in [1.807, 2.05) is 32.0 Å². The van der Waals surface area contributed by atoms with Crippen molar-refractivity contribution in [2.75, 3.05) is 13.1 Å². The van der Waals surface area contributed by atoms with Crippen molar-refractivity contribution in [3.8, 4) is 11.1 Å². The van der Waals surface area contributed by atoms with Crippen molar-refractivity contribution in [3.05, 3.63) is 52.6 Å². The first-order valence-corrected chi connectivity index (χ1v) is 10.3. The van der Waals surface area contributed by atoms with E-state index in [2.05, 4.69) is 4.99 Å². The Labute approximate surface area is 159 Å². The van der Waals surface area contributed by atoms with Crippen molar-refractivity contribution in [1.29, 1.82) is 0 Å². The molecule has 0 saturated carbocycles. The normalized spacial score (nSPS) is 18.7. The van der Waals surface area contributed by atoms with E-state index in [0.717, 1.165) is 33.4 Å². The molecule has 3 N–H and O–H groups in total. The molecule has 0 spiro atoms. The number of β-amino-alcohol motifs (C(OH)–C–C–N with tert-alkyl or cyclic N) is 1. The van der Waals surface area contributed by atoms with Gasteiger partial charge in [-0.2, -0.15) is 4.31 Å². The fraction of sp³-hybridized carbons (Fsp3) is 0.350. The number of fused-ring (bicyclic) bond motifs is 1. The standard InChI is InChI=1S/C20H23N3O3S/c1-12-8-15(27(25,26)23-10-20(3,24)11-23)5-7-16(12)17-6-4-14-9-22-19(21)18(14)13(17)2/h4-8,24H,9-11H2,1-3H3,(H2,21,22). The van der Waals surface area contributed by atoms with Crippen LogP contribution in [0.1, 0.15) is 29.2 Å². The fourth-order valence-corrected chi connectivity index (χ4v) is 5.69. The number of aliphatic hydroxyl groups is 1. The summed E-state index contributed by atoms with van der Waals surface area (Å²) in [5, 5.41) is 9.84. The van der Waals surface area contributed by atoms with Crippen LogP contribution < -0.4 is 5.73 Å². The third-order valence-electron chi connectivity index (χ3n) is 5.39. The maximum Gasteiger partial charge on any atom is 0.243 e. The van der Waals surface area contributed by atoms with Gasteiger partial charge in [0.2, 0.25) is 10.0 Å². The van der Waals surface area contributed by atoms with Crippen LogP contribution >= 0.6 is 0 Å². The second kappa shape index (κ2) is 5.89. The van der Waals surface area contributed by atoms with Gasteiger partial charge in [0, 0.05) is 18.7 Å². The summed E-state index contributed by atoms with van der Waals surface area (Å²) in [6.45, 7) is 6.42. The van der Waals surface area contributed by atoms with Crippen LogP contribution in [0.3, 0.4) is 0 Å². The monoisotopic (exact) mass is 385 g/mol. The van der Waals surface area contributed by atoms with E-state index >= 15 is 0 Å². The van der Waals surface area contributed by atoms with Crippen LogP contribution in [0.2, 0.25) is 0 Å². The minimum atomic E-state index is -3.59. The maximum atomic E-state index is 12.7. The summed E-state index contributed by atoms with van der Waals surface area (Å²) >= 11 is 0. The molecule has 2 aliphatic heterocycles. The van der Waals surface area contributed by atoms with Crippen LogP contribution in [0.5, 0.6) is 0 Å². The van der Waals surface area contributed by atoms with Gasteiger partial charge >= 0.3 is 0 Å². The predicted molar refractivity (Wildman–Crippen MR) is 105 cm³/mol. The molecule has 0 aromatic heterocycles. The summed E-state index contributed by atoms with van der Waals surface area (Å²) in [6, 6.07) is 9.26. The molecule has 0 radical (unpaired) electrons. The second-order valence-corrected chi connectivity index (χ2v) is 9.66. The van der Waals surface area contributed by atoms with Crippen LogP contribution in [0, 0.1) is 13.8 Å². The Bertz CT molecular complexity index is 1080. The van der Waals surface area contributed by atoms with E-state index in [9.17, 15) is 13.5 Å².